The molecule has 0 atom stereocenters. The second-order valence-electron chi connectivity index (χ2n) is 4.51. The summed E-state index contributed by atoms with van der Waals surface area (Å²) in [4.78, 5) is 22.6. The molecule has 1 aromatic rings. The molecule has 0 aliphatic rings. The van der Waals surface area contributed by atoms with Crippen molar-refractivity contribution in [1.82, 2.24) is 0 Å². The number of esters is 1. The summed E-state index contributed by atoms with van der Waals surface area (Å²) in [6.07, 6.45) is -11.1. The number of nitrogens with one attached hydrogen (secondary N) is 1. The van der Waals surface area contributed by atoms with Crippen LogP contribution in [0.3, 0.4) is 0 Å². The quantitative estimate of drug-likeness (QED) is 0.375. The maximum Gasteiger partial charge on any atom is 0.418 e. The van der Waals surface area contributed by atoms with E-state index in [1.807, 2.05) is 0 Å². The molecule has 11 heteroatoms. The van der Waals surface area contributed by atoms with E-state index in [1.54, 1.807) is 5.32 Å². The van der Waals surface area contributed by atoms with Crippen molar-refractivity contribution in [3.63, 3.8) is 0 Å². The smallest absolute Gasteiger partial charge is 0.418 e. The first kappa shape index (κ1) is 19.6. The highest BCUT2D eigenvalue weighted by molar-refractivity contribution is 6.03. The second-order valence-corrected chi connectivity index (χ2v) is 4.51. The summed E-state index contributed by atoms with van der Waals surface area (Å²) in [7, 11) is 0. The van der Waals surface area contributed by atoms with Crippen LogP contribution in [0.2, 0.25) is 0 Å². The standard InChI is InChI=1S/C13H12F6N2O3/c1-2-24-10(23)5-9(22)21-8-4-6(12(14,15)16)3-7(11(8)20)13(17,18)19/h3-4H,2,5,20H2,1H3,(H,21,22). The zero-order valence-corrected chi connectivity index (χ0v) is 12.1. The summed E-state index contributed by atoms with van der Waals surface area (Å²) in [5.74, 6) is -2.15. The molecule has 134 valence electrons. The van der Waals surface area contributed by atoms with Crippen molar-refractivity contribution in [3.05, 3.63) is 23.3 Å². The van der Waals surface area contributed by atoms with Crippen LogP contribution in [0.25, 0.3) is 0 Å². The molecule has 24 heavy (non-hydrogen) atoms. The lowest BCUT2D eigenvalue weighted by molar-refractivity contribution is -0.146. The lowest BCUT2D eigenvalue weighted by Gasteiger charge is -2.18. The Morgan fingerprint density at radius 1 is 1.12 bits per heavy atom. The Morgan fingerprint density at radius 2 is 1.71 bits per heavy atom. The van der Waals surface area contributed by atoms with Crippen molar-refractivity contribution in [2.24, 2.45) is 0 Å². The van der Waals surface area contributed by atoms with E-state index in [0.29, 0.717) is 0 Å². The predicted molar refractivity (Wildman–Crippen MR) is 70.7 cm³/mol. The Balaban J connectivity index is 3.22. The lowest BCUT2D eigenvalue weighted by atomic mass is 10.1. The zero-order valence-electron chi connectivity index (χ0n) is 12.1. The van der Waals surface area contributed by atoms with Crippen molar-refractivity contribution < 1.29 is 40.7 Å². The van der Waals surface area contributed by atoms with E-state index in [0.717, 1.165) is 0 Å². The maximum atomic E-state index is 12.8. The summed E-state index contributed by atoms with van der Waals surface area (Å²) in [6, 6.07) is 0.101. The molecule has 1 aromatic carbocycles. The SMILES string of the molecule is CCOC(=O)CC(=O)Nc1cc(C(F)(F)F)cc(C(F)(F)F)c1N. The fourth-order valence-electron chi connectivity index (χ4n) is 1.69. The molecule has 0 aliphatic heterocycles. The number of carbonyl (C=O) groups excluding carboxylic acids is 2. The van der Waals surface area contributed by atoms with Gasteiger partial charge in [0, 0.05) is 0 Å². The van der Waals surface area contributed by atoms with E-state index in [4.69, 9.17) is 5.73 Å². The minimum absolute atomic E-state index is 0.0456. The van der Waals surface area contributed by atoms with Crippen LogP contribution in [-0.2, 0) is 26.7 Å². The highest BCUT2D eigenvalue weighted by atomic mass is 19.4. The van der Waals surface area contributed by atoms with E-state index >= 15 is 0 Å². The Morgan fingerprint density at radius 3 is 2.17 bits per heavy atom. The van der Waals surface area contributed by atoms with Crippen molar-refractivity contribution in [2.75, 3.05) is 17.7 Å². The number of ether oxygens (including phenoxy) is 1. The van der Waals surface area contributed by atoms with Crippen LogP contribution >= 0.6 is 0 Å². The van der Waals surface area contributed by atoms with Crippen LogP contribution in [-0.4, -0.2) is 18.5 Å². The third-order valence-electron chi connectivity index (χ3n) is 2.70. The number of carbonyl (C=O) groups is 2. The molecule has 5 nitrogen and oxygen atoms in total. The van der Waals surface area contributed by atoms with E-state index in [-0.39, 0.29) is 18.7 Å². The number of alkyl halides is 6. The van der Waals surface area contributed by atoms with Crippen LogP contribution in [0.4, 0.5) is 37.7 Å². The highest BCUT2D eigenvalue weighted by Crippen LogP contribution is 2.42. The Kier molecular flexibility index (Phi) is 5.69. The highest BCUT2D eigenvalue weighted by Gasteiger charge is 2.39. The molecule has 0 aliphatic carbocycles. The fraction of sp³-hybridized carbons (Fsp3) is 0.385. The minimum Gasteiger partial charge on any atom is -0.466 e. The maximum absolute atomic E-state index is 12.8. The van der Waals surface area contributed by atoms with Crippen molar-refractivity contribution >= 4 is 23.3 Å². The molecule has 0 fully saturated rings. The van der Waals surface area contributed by atoms with Gasteiger partial charge in [-0.05, 0) is 19.1 Å². The number of benzene rings is 1. The normalized spacial score (nSPS) is 12.0. The lowest BCUT2D eigenvalue weighted by Crippen LogP contribution is -2.21. The van der Waals surface area contributed by atoms with Crippen LogP contribution in [0.15, 0.2) is 12.1 Å². The van der Waals surface area contributed by atoms with Crippen molar-refractivity contribution in [2.45, 2.75) is 25.7 Å². The number of hydrogen-bond acceptors (Lipinski definition) is 4. The Labute approximate surface area is 131 Å². The molecular formula is C13H12F6N2O3. The van der Waals surface area contributed by atoms with Gasteiger partial charge in [-0.15, -0.1) is 0 Å². The van der Waals surface area contributed by atoms with E-state index in [9.17, 15) is 35.9 Å². The van der Waals surface area contributed by atoms with Gasteiger partial charge in [-0.1, -0.05) is 0 Å². The fourth-order valence-corrected chi connectivity index (χ4v) is 1.69. The minimum atomic E-state index is -5.16. The van der Waals surface area contributed by atoms with E-state index in [1.165, 1.54) is 6.92 Å². The molecule has 0 saturated heterocycles. The van der Waals surface area contributed by atoms with Gasteiger partial charge in [0.25, 0.3) is 0 Å². The summed E-state index contributed by atoms with van der Waals surface area (Å²) in [5.41, 5.74) is -0.175. The average Bonchev–Trinajstić information content (AvgIpc) is 2.38. The molecule has 1 rings (SSSR count). The van der Waals surface area contributed by atoms with Crippen LogP contribution in [0.1, 0.15) is 24.5 Å². The summed E-state index contributed by atoms with van der Waals surface area (Å²) in [5, 5.41) is 1.76. The number of rotatable bonds is 4. The third-order valence-corrected chi connectivity index (χ3v) is 2.70. The first-order chi connectivity index (χ1) is 10.9. The first-order valence-corrected chi connectivity index (χ1v) is 6.39. The number of hydrogen-bond donors (Lipinski definition) is 2. The number of nitrogens with two attached hydrogens (primary N) is 1. The third kappa shape index (κ3) is 5.03. The van der Waals surface area contributed by atoms with Gasteiger partial charge >= 0.3 is 18.3 Å². The van der Waals surface area contributed by atoms with Gasteiger partial charge in [0.15, 0.2) is 0 Å². The molecule has 0 heterocycles. The molecule has 0 unspecified atom stereocenters. The first-order valence-electron chi connectivity index (χ1n) is 6.39. The molecular weight excluding hydrogens is 346 g/mol. The molecule has 0 radical (unpaired) electrons. The molecule has 0 saturated carbocycles. The van der Waals surface area contributed by atoms with Gasteiger partial charge in [-0.3, -0.25) is 9.59 Å². The van der Waals surface area contributed by atoms with Gasteiger partial charge < -0.3 is 15.8 Å². The summed E-state index contributed by atoms with van der Waals surface area (Å²) < 4.78 is 81.0. The van der Waals surface area contributed by atoms with Gasteiger partial charge in [0.05, 0.1) is 29.1 Å². The van der Waals surface area contributed by atoms with Crippen LogP contribution < -0.4 is 11.1 Å². The molecule has 0 bridgehead atoms. The Hall–Kier alpha value is -2.46. The van der Waals surface area contributed by atoms with Crippen molar-refractivity contribution in [3.8, 4) is 0 Å². The van der Waals surface area contributed by atoms with E-state index in [2.05, 4.69) is 4.74 Å². The molecule has 3 N–H and O–H groups in total. The summed E-state index contributed by atoms with van der Waals surface area (Å²) in [6.45, 7) is 1.41. The topological polar surface area (TPSA) is 81.4 Å². The van der Waals surface area contributed by atoms with Gasteiger partial charge in [-0.25, -0.2) is 0 Å². The molecule has 1 amide bonds. The molecule has 0 spiro atoms. The number of nitrogen functional groups attached to an aromatic ring is 1. The van der Waals surface area contributed by atoms with Gasteiger partial charge in [0.1, 0.15) is 6.42 Å². The summed E-state index contributed by atoms with van der Waals surface area (Å²) >= 11 is 0. The van der Waals surface area contributed by atoms with Crippen molar-refractivity contribution in [1.29, 1.82) is 0 Å². The van der Waals surface area contributed by atoms with Gasteiger partial charge in [-0.2, -0.15) is 26.3 Å². The van der Waals surface area contributed by atoms with Crippen LogP contribution in [0, 0.1) is 0 Å². The number of amides is 1. The molecule has 0 aromatic heterocycles. The zero-order chi connectivity index (χ0) is 18.7. The predicted octanol–water partition coefficient (Wildman–Crippen LogP) is 3.20. The number of halogens is 6. The number of anilines is 2. The van der Waals surface area contributed by atoms with Crippen LogP contribution in [0.5, 0.6) is 0 Å². The average molecular weight is 358 g/mol. The Bertz CT molecular complexity index is 640. The second kappa shape index (κ2) is 6.97. The van der Waals surface area contributed by atoms with E-state index < -0.39 is 53.2 Å². The monoisotopic (exact) mass is 358 g/mol. The largest absolute Gasteiger partial charge is 0.466 e. The van der Waals surface area contributed by atoms with Gasteiger partial charge in [0.2, 0.25) is 5.91 Å².